The minimum atomic E-state index is -0.213. The summed E-state index contributed by atoms with van der Waals surface area (Å²) < 4.78 is 23.1. The quantitative estimate of drug-likeness (QED) is 0.649. The van der Waals surface area contributed by atoms with E-state index in [1.165, 1.54) is 13.2 Å². The first kappa shape index (κ1) is 21.2. The highest BCUT2D eigenvalue weighted by atomic mass is 16.5. The van der Waals surface area contributed by atoms with Crippen LogP contribution in [-0.2, 0) is 0 Å². The number of fused-ring (bicyclic) bond motifs is 1. The second-order valence-corrected chi connectivity index (χ2v) is 7.70. The number of hydrogen-bond donors (Lipinski definition) is 1. The van der Waals surface area contributed by atoms with E-state index in [-0.39, 0.29) is 24.0 Å². The van der Waals surface area contributed by atoms with Gasteiger partial charge in [-0.1, -0.05) is 12.1 Å². The van der Waals surface area contributed by atoms with Crippen LogP contribution in [0.1, 0.15) is 17.9 Å². The van der Waals surface area contributed by atoms with Crippen LogP contribution in [0, 0.1) is 0 Å². The number of methoxy groups -OCH3 is 3. The van der Waals surface area contributed by atoms with E-state index in [9.17, 15) is 9.90 Å². The van der Waals surface area contributed by atoms with E-state index in [1.807, 2.05) is 31.3 Å². The molecule has 0 radical (unpaired) electrons. The smallest absolute Gasteiger partial charge is 0.197 e. The van der Waals surface area contributed by atoms with Crippen molar-refractivity contribution in [2.24, 2.45) is 0 Å². The van der Waals surface area contributed by atoms with Crippen LogP contribution >= 0.6 is 0 Å². The van der Waals surface area contributed by atoms with E-state index < -0.39 is 0 Å². The molecule has 0 bridgehead atoms. The molecular weight excluding hydrogens is 398 g/mol. The monoisotopic (exact) mass is 425 g/mol. The molecule has 1 saturated heterocycles. The Hall–Kier alpha value is -3.03. The average Bonchev–Trinajstić information content (AvgIpc) is 3.17. The van der Waals surface area contributed by atoms with Crippen molar-refractivity contribution >= 4 is 11.0 Å². The topological polar surface area (TPSA) is 81.4 Å². The van der Waals surface area contributed by atoms with Crippen molar-refractivity contribution in [1.82, 2.24) is 4.90 Å². The van der Waals surface area contributed by atoms with Gasteiger partial charge in [0.25, 0.3) is 0 Å². The maximum absolute atomic E-state index is 13.3. The Labute approximate surface area is 180 Å². The number of ether oxygens (including phenoxy) is 3. The minimum absolute atomic E-state index is 0.00568. The molecule has 3 aromatic rings. The van der Waals surface area contributed by atoms with Crippen LogP contribution in [0.5, 0.6) is 17.2 Å². The lowest BCUT2D eigenvalue weighted by Crippen LogP contribution is -2.32. The summed E-state index contributed by atoms with van der Waals surface area (Å²) in [6.07, 6.45) is 0.808. The normalized spacial score (nSPS) is 19.0. The molecule has 1 aromatic heterocycles. The highest BCUT2D eigenvalue weighted by Crippen LogP contribution is 2.45. The minimum Gasteiger partial charge on any atom is -0.496 e. The summed E-state index contributed by atoms with van der Waals surface area (Å²) in [4.78, 5) is 15.4. The molecule has 2 heterocycles. The first-order valence-electron chi connectivity index (χ1n) is 10.2. The zero-order valence-corrected chi connectivity index (χ0v) is 18.2. The van der Waals surface area contributed by atoms with Gasteiger partial charge in [0.05, 0.1) is 33.5 Å². The van der Waals surface area contributed by atoms with Gasteiger partial charge in [0.2, 0.25) is 0 Å². The zero-order chi connectivity index (χ0) is 22.1. The molecule has 7 heteroatoms. The Kier molecular flexibility index (Phi) is 5.89. The van der Waals surface area contributed by atoms with E-state index in [4.69, 9.17) is 18.6 Å². The molecule has 7 nitrogen and oxygen atoms in total. The fourth-order valence-electron chi connectivity index (χ4n) is 4.57. The number of aliphatic hydroxyl groups is 1. The molecule has 164 valence electrons. The number of rotatable bonds is 6. The van der Waals surface area contributed by atoms with Crippen molar-refractivity contribution < 1.29 is 23.7 Å². The SMILES string of the molecule is COc1ccccc1-c1cc(=O)c2c(OC)cc(OC)c(C3CCN(C)[C@@H]3CO)c2o1. The Balaban J connectivity index is 2.06. The lowest BCUT2D eigenvalue weighted by atomic mass is 9.89. The van der Waals surface area contributed by atoms with Crippen molar-refractivity contribution in [3.05, 3.63) is 52.2 Å². The summed E-state index contributed by atoms with van der Waals surface area (Å²) in [6.45, 7) is 0.817. The van der Waals surface area contributed by atoms with Gasteiger partial charge in [-0.15, -0.1) is 0 Å². The van der Waals surface area contributed by atoms with Crippen molar-refractivity contribution in [3.63, 3.8) is 0 Å². The first-order valence-corrected chi connectivity index (χ1v) is 10.2. The standard InChI is InChI=1S/C24H27NO6/c1-25-10-9-14(16(25)13-26)22-20(29-3)12-21(30-4)23-17(27)11-19(31-24(22)23)15-7-5-6-8-18(15)28-2/h5-8,11-12,14,16,26H,9-10,13H2,1-4H3/t14?,16-/m1/s1. The van der Waals surface area contributed by atoms with Gasteiger partial charge in [-0.05, 0) is 32.1 Å². The average molecular weight is 425 g/mol. The van der Waals surface area contributed by atoms with Gasteiger partial charge in [0.1, 0.15) is 34.0 Å². The van der Waals surface area contributed by atoms with Gasteiger partial charge in [-0.25, -0.2) is 0 Å². The van der Waals surface area contributed by atoms with E-state index in [0.717, 1.165) is 18.5 Å². The molecule has 1 aliphatic rings. The number of likely N-dealkylation sites (tertiary alicyclic amines) is 1. The molecule has 2 aromatic carbocycles. The van der Waals surface area contributed by atoms with Crippen LogP contribution in [0.25, 0.3) is 22.3 Å². The number of benzene rings is 2. The van der Waals surface area contributed by atoms with Crippen molar-refractivity contribution in [1.29, 1.82) is 0 Å². The maximum atomic E-state index is 13.3. The van der Waals surface area contributed by atoms with Gasteiger partial charge >= 0.3 is 0 Å². The highest BCUT2D eigenvalue weighted by molar-refractivity contribution is 5.90. The number of para-hydroxylation sites is 1. The fourth-order valence-corrected chi connectivity index (χ4v) is 4.57. The summed E-state index contributed by atoms with van der Waals surface area (Å²) >= 11 is 0. The highest BCUT2D eigenvalue weighted by Gasteiger charge is 2.37. The molecule has 0 aliphatic carbocycles. The summed E-state index contributed by atoms with van der Waals surface area (Å²) in [5.41, 5.74) is 1.66. The van der Waals surface area contributed by atoms with Crippen molar-refractivity contribution in [2.45, 2.75) is 18.4 Å². The van der Waals surface area contributed by atoms with Gasteiger partial charge in [0.15, 0.2) is 5.43 Å². The maximum Gasteiger partial charge on any atom is 0.197 e. The Bertz CT molecular complexity index is 1150. The Morgan fingerprint density at radius 3 is 2.45 bits per heavy atom. The van der Waals surface area contributed by atoms with Crippen LogP contribution in [0.15, 0.2) is 45.6 Å². The molecule has 1 N–H and O–H groups in total. The fraction of sp³-hybridized carbons (Fsp3) is 0.375. The summed E-state index contributed by atoms with van der Waals surface area (Å²) in [6, 6.07) is 10.5. The van der Waals surface area contributed by atoms with Crippen molar-refractivity contribution in [3.8, 4) is 28.6 Å². The molecule has 4 rings (SSSR count). The lowest BCUT2D eigenvalue weighted by molar-refractivity contribution is 0.171. The molecule has 1 fully saturated rings. The summed E-state index contributed by atoms with van der Waals surface area (Å²) in [7, 11) is 6.66. The third-order valence-electron chi connectivity index (χ3n) is 6.16. The van der Waals surface area contributed by atoms with E-state index >= 15 is 0 Å². The zero-order valence-electron chi connectivity index (χ0n) is 18.2. The van der Waals surface area contributed by atoms with Crippen molar-refractivity contribution in [2.75, 3.05) is 41.5 Å². The number of likely N-dealkylation sites (N-methyl/N-ethyl adjacent to an activating group) is 1. The number of hydrogen-bond acceptors (Lipinski definition) is 7. The van der Waals surface area contributed by atoms with Gasteiger partial charge in [0, 0.05) is 29.7 Å². The van der Waals surface area contributed by atoms with Gasteiger partial charge in [-0.2, -0.15) is 0 Å². The van der Waals surface area contributed by atoms with Crippen LogP contribution in [0.3, 0.4) is 0 Å². The Morgan fingerprint density at radius 1 is 1.06 bits per heavy atom. The van der Waals surface area contributed by atoms with Gasteiger partial charge in [-0.3, -0.25) is 4.79 Å². The van der Waals surface area contributed by atoms with E-state index in [0.29, 0.717) is 39.5 Å². The third-order valence-corrected chi connectivity index (χ3v) is 6.16. The molecular formula is C24H27NO6. The summed E-state index contributed by atoms with van der Waals surface area (Å²) in [5.74, 6) is 1.91. The predicted octanol–water partition coefficient (Wildman–Crippen LogP) is 3.27. The van der Waals surface area contributed by atoms with Gasteiger partial charge < -0.3 is 28.6 Å². The number of nitrogens with zero attached hydrogens (tertiary/aromatic N) is 1. The second-order valence-electron chi connectivity index (χ2n) is 7.70. The largest absolute Gasteiger partial charge is 0.496 e. The molecule has 1 unspecified atom stereocenters. The van der Waals surface area contributed by atoms with E-state index in [1.54, 1.807) is 20.3 Å². The molecule has 0 saturated carbocycles. The molecule has 1 aliphatic heterocycles. The van der Waals surface area contributed by atoms with Crippen LogP contribution < -0.4 is 19.6 Å². The molecule has 31 heavy (non-hydrogen) atoms. The predicted molar refractivity (Wildman–Crippen MR) is 118 cm³/mol. The molecule has 0 spiro atoms. The molecule has 2 atom stereocenters. The number of aliphatic hydroxyl groups excluding tert-OH is 1. The second kappa shape index (κ2) is 8.61. The van der Waals surface area contributed by atoms with E-state index in [2.05, 4.69) is 4.90 Å². The molecule has 0 amide bonds. The van der Waals surface area contributed by atoms with Crippen LogP contribution in [0.2, 0.25) is 0 Å². The lowest BCUT2D eigenvalue weighted by Gasteiger charge is -2.25. The van der Waals surface area contributed by atoms with Crippen LogP contribution in [0.4, 0.5) is 0 Å². The first-order chi connectivity index (χ1) is 15.0. The Morgan fingerprint density at radius 2 is 1.77 bits per heavy atom. The van der Waals surface area contributed by atoms with Crippen LogP contribution in [-0.4, -0.2) is 57.6 Å². The third kappa shape index (κ3) is 3.54. The summed E-state index contributed by atoms with van der Waals surface area (Å²) in [5, 5.41) is 10.4.